The molecule has 2 aromatic rings. The van der Waals surface area contributed by atoms with Gasteiger partial charge in [-0.15, -0.1) is 11.3 Å². The average Bonchev–Trinajstić information content (AvgIpc) is 2.67. The van der Waals surface area contributed by atoms with Gasteiger partial charge in [0.15, 0.2) is 0 Å². The third kappa shape index (κ3) is 1.76. The van der Waals surface area contributed by atoms with Crippen LogP contribution in [0.15, 0.2) is 20.7 Å². The van der Waals surface area contributed by atoms with Crippen molar-refractivity contribution in [3.63, 3.8) is 0 Å². The summed E-state index contributed by atoms with van der Waals surface area (Å²) in [5.41, 5.74) is 6.05. The van der Waals surface area contributed by atoms with Crippen molar-refractivity contribution in [2.75, 3.05) is 5.73 Å². The maximum atomic E-state index is 11.3. The molecule has 2 heterocycles. The summed E-state index contributed by atoms with van der Waals surface area (Å²) in [5, 5.41) is 7.03. The number of anilines is 1. The lowest BCUT2D eigenvalue weighted by Crippen LogP contribution is -2.06. The molecule has 14 heavy (non-hydrogen) atoms. The number of thiophene rings is 1. The first-order valence-corrected chi connectivity index (χ1v) is 5.62. The van der Waals surface area contributed by atoms with E-state index >= 15 is 0 Å². The largest absolute Gasteiger partial charge is 0.384 e. The summed E-state index contributed by atoms with van der Waals surface area (Å²) >= 11 is 4.95. The number of hydrogen-bond donors (Lipinski definition) is 3. The number of H-pyrrole nitrogens is 2. The van der Waals surface area contributed by atoms with Crippen LogP contribution < -0.4 is 11.3 Å². The van der Waals surface area contributed by atoms with E-state index < -0.39 is 0 Å². The van der Waals surface area contributed by atoms with Gasteiger partial charge in [-0.1, -0.05) is 0 Å². The first-order valence-electron chi connectivity index (χ1n) is 3.94. The van der Waals surface area contributed by atoms with Crippen molar-refractivity contribution in [1.29, 1.82) is 0 Å². The summed E-state index contributed by atoms with van der Waals surface area (Å²) in [5.74, 6) is 0.416. The molecule has 0 saturated heterocycles. The van der Waals surface area contributed by atoms with Gasteiger partial charge in [-0.25, -0.2) is 0 Å². The minimum atomic E-state index is -0.146. The summed E-state index contributed by atoms with van der Waals surface area (Å²) < 4.78 is 1.03. The van der Waals surface area contributed by atoms with Crippen molar-refractivity contribution in [3.05, 3.63) is 36.7 Å². The van der Waals surface area contributed by atoms with Crippen molar-refractivity contribution in [2.24, 2.45) is 0 Å². The number of aromatic nitrogens is 2. The topological polar surface area (TPSA) is 74.7 Å². The van der Waals surface area contributed by atoms with E-state index in [4.69, 9.17) is 5.73 Å². The Balaban J connectivity index is 2.31. The van der Waals surface area contributed by atoms with Crippen LogP contribution in [0.25, 0.3) is 0 Å². The number of nitrogens with one attached hydrogen (secondary N) is 2. The highest BCUT2D eigenvalue weighted by Gasteiger charge is 2.08. The van der Waals surface area contributed by atoms with E-state index in [0.717, 1.165) is 9.35 Å². The van der Waals surface area contributed by atoms with Crippen LogP contribution in [0.2, 0.25) is 0 Å². The van der Waals surface area contributed by atoms with Crippen LogP contribution in [0, 0.1) is 0 Å². The van der Waals surface area contributed by atoms with E-state index in [-0.39, 0.29) is 5.56 Å². The second kappa shape index (κ2) is 3.62. The molecule has 2 rings (SSSR count). The Kier molecular flexibility index (Phi) is 2.47. The Morgan fingerprint density at radius 3 is 2.79 bits per heavy atom. The van der Waals surface area contributed by atoms with Crippen molar-refractivity contribution >= 4 is 33.1 Å². The monoisotopic (exact) mass is 273 g/mol. The van der Waals surface area contributed by atoms with Gasteiger partial charge in [-0.2, -0.15) is 0 Å². The molecule has 0 aliphatic carbocycles. The summed E-state index contributed by atoms with van der Waals surface area (Å²) in [6.45, 7) is 0. The van der Waals surface area contributed by atoms with E-state index in [2.05, 4.69) is 26.1 Å². The van der Waals surface area contributed by atoms with Crippen LogP contribution in [0.1, 0.15) is 10.4 Å². The second-order valence-electron chi connectivity index (χ2n) is 2.88. The van der Waals surface area contributed by atoms with Gasteiger partial charge in [0.1, 0.15) is 5.82 Å². The lowest BCUT2D eigenvalue weighted by Gasteiger charge is -1.93. The predicted octanol–water partition coefficient (Wildman–Crippen LogP) is 1.70. The zero-order valence-electron chi connectivity index (χ0n) is 7.13. The van der Waals surface area contributed by atoms with Crippen molar-refractivity contribution in [3.8, 4) is 0 Å². The van der Waals surface area contributed by atoms with Crippen LogP contribution in [0.4, 0.5) is 5.82 Å². The molecular formula is C8H8BrN3OS. The summed E-state index contributed by atoms with van der Waals surface area (Å²) in [6, 6.07) is 1.98. The van der Waals surface area contributed by atoms with Crippen molar-refractivity contribution in [1.82, 2.24) is 10.2 Å². The molecule has 0 fully saturated rings. The Morgan fingerprint density at radius 1 is 1.50 bits per heavy atom. The number of hydrogen-bond acceptors (Lipinski definition) is 3. The maximum Gasteiger partial charge on any atom is 0.269 e. The maximum absolute atomic E-state index is 11.3. The highest BCUT2D eigenvalue weighted by Crippen LogP contribution is 2.22. The molecule has 0 atom stereocenters. The molecule has 0 bridgehead atoms. The third-order valence-corrected chi connectivity index (χ3v) is 3.58. The van der Waals surface area contributed by atoms with Gasteiger partial charge in [-0.3, -0.25) is 15.0 Å². The molecule has 0 unspecified atom stereocenters. The number of aromatic amines is 2. The molecule has 74 valence electrons. The number of nitrogen functional groups attached to an aromatic ring is 1. The summed E-state index contributed by atoms with van der Waals surface area (Å²) in [7, 11) is 0. The smallest absolute Gasteiger partial charge is 0.269 e. The van der Waals surface area contributed by atoms with Gasteiger partial charge in [0.2, 0.25) is 0 Å². The average molecular weight is 274 g/mol. The molecule has 0 aliphatic rings. The molecule has 4 N–H and O–H groups in total. The molecule has 0 radical (unpaired) electrons. The predicted molar refractivity (Wildman–Crippen MR) is 60.7 cm³/mol. The van der Waals surface area contributed by atoms with Crippen molar-refractivity contribution in [2.45, 2.75) is 6.42 Å². The molecule has 4 nitrogen and oxygen atoms in total. The zero-order valence-corrected chi connectivity index (χ0v) is 9.54. The Morgan fingerprint density at radius 2 is 2.29 bits per heavy atom. The highest BCUT2D eigenvalue weighted by molar-refractivity contribution is 9.10. The van der Waals surface area contributed by atoms with Gasteiger partial charge in [0.25, 0.3) is 5.56 Å². The first-order chi connectivity index (χ1) is 6.66. The van der Waals surface area contributed by atoms with E-state index in [9.17, 15) is 4.79 Å². The molecule has 0 spiro atoms. The Bertz CT molecular complexity index is 499. The number of rotatable bonds is 2. The molecule has 2 aromatic heterocycles. The quantitative estimate of drug-likeness (QED) is 0.779. The van der Waals surface area contributed by atoms with E-state index in [1.807, 2.05) is 11.4 Å². The van der Waals surface area contributed by atoms with Crippen LogP contribution >= 0.6 is 27.3 Å². The van der Waals surface area contributed by atoms with Crippen LogP contribution in [-0.2, 0) is 6.42 Å². The second-order valence-corrected chi connectivity index (χ2v) is 4.79. The normalized spacial score (nSPS) is 10.6. The highest BCUT2D eigenvalue weighted by atomic mass is 79.9. The van der Waals surface area contributed by atoms with Gasteiger partial charge in [-0.05, 0) is 22.0 Å². The van der Waals surface area contributed by atoms with Gasteiger partial charge in [0, 0.05) is 21.2 Å². The van der Waals surface area contributed by atoms with Crippen LogP contribution in [0.3, 0.4) is 0 Å². The van der Waals surface area contributed by atoms with Crippen molar-refractivity contribution < 1.29 is 0 Å². The Labute approximate surface area is 92.3 Å². The van der Waals surface area contributed by atoms with E-state index in [1.54, 1.807) is 11.3 Å². The third-order valence-electron chi connectivity index (χ3n) is 1.88. The SMILES string of the molecule is Nc1[nH][nH]c(=O)c1Cc1cc(Br)cs1. The van der Waals surface area contributed by atoms with Crippen LogP contribution in [0.5, 0.6) is 0 Å². The van der Waals surface area contributed by atoms with E-state index in [0.29, 0.717) is 17.8 Å². The molecule has 0 saturated carbocycles. The van der Waals surface area contributed by atoms with Gasteiger partial charge >= 0.3 is 0 Å². The van der Waals surface area contributed by atoms with Gasteiger partial charge < -0.3 is 5.73 Å². The van der Waals surface area contributed by atoms with E-state index in [1.165, 1.54) is 0 Å². The molecular weight excluding hydrogens is 266 g/mol. The standard InChI is InChI=1S/C8H8BrN3OS/c9-4-1-5(14-3-4)2-6-7(10)11-12-8(6)13/h1,3H,2H2,(H4,10,11,12,13). The number of nitrogens with two attached hydrogens (primary N) is 1. The molecule has 0 aromatic carbocycles. The first kappa shape index (κ1) is 9.54. The minimum absolute atomic E-state index is 0.146. The fourth-order valence-corrected chi connectivity index (χ4v) is 2.66. The Hall–Kier alpha value is -1.01. The molecule has 0 amide bonds. The fourth-order valence-electron chi connectivity index (χ4n) is 1.19. The molecule has 6 heteroatoms. The zero-order chi connectivity index (χ0) is 10.1. The van der Waals surface area contributed by atoms with Gasteiger partial charge in [0.05, 0.1) is 5.56 Å². The summed E-state index contributed by atoms with van der Waals surface area (Å²) in [6.07, 6.45) is 0.570. The lowest BCUT2D eigenvalue weighted by atomic mass is 10.2. The fraction of sp³-hybridized carbons (Fsp3) is 0.125. The van der Waals surface area contributed by atoms with Crippen LogP contribution in [-0.4, -0.2) is 10.2 Å². The molecule has 0 aliphatic heterocycles. The minimum Gasteiger partial charge on any atom is -0.384 e. The summed E-state index contributed by atoms with van der Waals surface area (Å²) in [4.78, 5) is 12.4. The number of halogens is 1. The lowest BCUT2D eigenvalue weighted by molar-refractivity contribution is 1.06.